The van der Waals surface area contributed by atoms with Crippen molar-refractivity contribution in [3.63, 3.8) is 0 Å². The van der Waals surface area contributed by atoms with E-state index < -0.39 is 5.60 Å². The summed E-state index contributed by atoms with van der Waals surface area (Å²) in [7, 11) is 0. The zero-order valence-corrected chi connectivity index (χ0v) is 16.5. The first kappa shape index (κ1) is 18.5. The second-order valence-electron chi connectivity index (χ2n) is 7.42. The van der Waals surface area contributed by atoms with Gasteiger partial charge in [0.2, 0.25) is 5.82 Å². The third-order valence-electron chi connectivity index (χ3n) is 3.92. The third-order valence-corrected chi connectivity index (χ3v) is 4.33. The number of hydrogen-bond donors (Lipinski definition) is 2. The summed E-state index contributed by atoms with van der Waals surface area (Å²) in [6.07, 6.45) is 3.34. The second kappa shape index (κ2) is 6.48. The van der Waals surface area contributed by atoms with Gasteiger partial charge in [-0.25, -0.2) is 0 Å². The Morgan fingerprint density at radius 2 is 2.04 bits per heavy atom. The maximum absolute atomic E-state index is 12.4. The van der Waals surface area contributed by atoms with Crippen LogP contribution in [-0.4, -0.2) is 30.0 Å². The molecule has 0 aliphatic rings. The fourth-order valence-corrected chi connectivity index (χ4v) is 2.77. The van der Waals surface area contributed by atoms with Crippen LogP contribution in [0.3, 0.4) is 0 Å². The van der Waals surface area contributed by atoms with Crippen LogP contribution < -0.4 is 5.56 Å². The minimum absolute atomic E-state index is 0.0124. The summed E-state index contributed by atoms with van der Waals surface area (Å²) >= 11 is 3.30. The van der Waals surface area contributed by atoms with E-state index in [9.17, 15) is 9.90 Å². The van der Waals surface area contributed by atoms with Crippen molar-refractivity contribution in [1.82, 2.24) is 24.9 Å². The summed E-state index contributed by atoms with van der Waals surface area (Å²) in [6, 6.07) is 3.49. The molecule has 0 amide bonds. The van der Waals surface area contributed by atoms with Crippen molar-refractivity contribution in [1.29, 1.82) is 0 Å². The number of aromatic nitrogens is 5. The Morgan fingerprint density at radius 3 is 2.62 bits per heavy atom. The minimum Gasteiger partial charge on any atom is -0.378 e. The van der Waals surface area contributed by atoms with Crippen molar-refractivity contribution >= 4 is 15.9 Å². The molecule has 0 aliphatic carbocycles. The molecule has 26 heavy (non-hydrogen) atoms. The lowest BCUT2D eigenvalue weighted by atomic mass is 9.91. The summed E-state index contributed by atoms with van der Waals surface area (Å²) in [6.45, 7) is 7.70. The van der Waals surface area contributed by atoms with Gasteiger partial charge in [-0.1, -0.05) is 25.9 Å². The largest absolute Gasteiger partial charge is 0.378 e. The highest BCUT2D eigenvalue weighted by Crippen LogP contribution is 2.25. The highest BCUT2D eigenvalue weighted by atomic mass is 79.9. The van der Waals surface area contributed by atoms with E-state index in [1.54, 1.807) is 30.1 Å². The van der Waals surface area contributed by atoms with E-state index in [1.165, 1.54) is 0 Å². The molecule has 3 rings (SSSR count). The van der Waals surface area contributed by atoms with Crippen LogP contribution in [0.15, 0.2) is 38.3 Å². The molecule has 0 saturated carbocycles. The van der Waals surface area contributed by atoms with Crippen LogP contribution in [0, 0.1) is 0 Å². The number of rotatable bonds is 4. The van der Waals surface area contributed by atoms with Crippen LogP contribution in [0.25, 0.3) is 11.4 Å². The van der Waals surface area contributed by atoms with Gasteiger partial charge in [-0.05, 0) is 35.0 Å². The average Bonchev–Trinajstić information content (AvgIpc) is 3.15. The Labute approximate surface area is 158 Å². The van der Waals surface area contributed by atoms with Crippen LogP contribution in [0.5, 0.6) is 0 Å². The Kier molecular flexibility index (Phi) is 4.61. The molecule has 3 aromatic rings. The molecular formula is C17H20BrN5O3. The molecule has 0 fully saturated rings. The van der Waals surface area contributed by atoms with Gasteiger partial charge in [0.25, 0.3) is 11.4 Å². The van der Waals surface area contributed by atoms with Gasteiger partial charge in [0, 0.05) is 17.3 Å². The number of aliphatic hydroxyl groups is 1. The normalized spacial score (nSPS) is 14.4. The van der Waals surface area contributed by atoms with Gasteiger partial charge in [0.15, 0.2) is 5.60 Å². The monoisotopic (exact) mass is 421 g/mol. The molecule has 1 unspecified atom stereocenters. The second-order valence-corrected chi connectivity index (χ2v) is 8.33. The fourth-order valence-electron chi connectivity index (χ4n) is 2.45. The first-order valence-electron chi connectivity index (χ1n) is 8.05. The van der Waals surface area contributed by atoms with Crippen molar-refractivity contribution in [3.05, 3.63) is 50.9 Å². The van der Waals surface area contributed by atoms with Crippen LogP contribution >= 0.6 is 15.9 Å². The Hall–Kier alpha value is -2.26. The predicted octanol–water partition coefficient (Wildman–Crippen LogP) is 2.59. The van der Waals surface area contributed by atoms with Crippen LogP contribution in [0.2, 0.25) is 0 Å². The smallest absolute Gasteiger partial charge is 0.260 e. The molecule has 0 saturated heterocycles. The van der Waals surface area contributed by atoms with E-state index >= 15 is 0 Å². The zero-order chi connectivity index (χ0) is 19.1. The predicted molar refractivity (Wildman–Crippen MR) is 98.6 cm³/mol. The standard InChI is InChI=1S/C17H20BrN5O3/c1-16(2,3)12-6-5-11(14(24)20-12)13-21-15(26-22-13)17(4,25)9-23-8-10(18)7-19-23/h5-8,25H,9H2,1-4H3,(H,20,24). The highest BCUT2D eigenvalue weighted by Gasteiger charge is 2.32. The maximum Gasteiger partial charge on any atom is 0.260 e. The van der Waals surface area contributed by atoms with Gasteiger partial charge in [-0.2, -0.15) is 10.1 Å². The van der Waals surface area contributed by atoms with Crippen molar-refractivity contribution in [2.24, 2.45) is 0 Å². The summed E-state index contributed by atoms with van der Waals surface area (Å²) in [4.78, 5) is 19.4. The number of aromatic amines is 1. The van der Waals surface area contributed by atoms with Crippen molar-refractivity contribution in [2.75, 3.05) is 0 Å². The summed E-state index contributed by atoms with van der Waals surface area (Å²) < 4.78 is 7.55. The topological polar surface area (TPSA) is 110 Å². The number of nitrogens with one attached hydrogen (secondary N) is 1. The van der Waals surface area contributed by atoms with Gasteiger partial charge in [0.05, 0.1) is 22.8 Å². The van der Waals surface area contributed by atoms with Gasteiger partial charge in [-0.3, -0.25) is 9.48 Å². The lowest BCUT2D eigenvalue weighted by Gasteiger charge is -2.18. The van der Waals surface area contributed by atoms with Crippen LogP contribution in [0.4, 0.5) is 0 Å². The van der Waals surface area contributed by atoms with E-state index in [1.807, 2.05) is 26.8 Å². The molecule has 0 radical (unpaired) electrons. The zero-order valence-electron chi connectivity index (χ0n) is 14.9. The molecule has 1 atom stereocenters. The van der Waals surface area contributed by atoms with Crippen LogP contribution in [0.1, 0.15) is 39.3 Å². The van der Waals surface area contributed by atoms with Crippen molar-refractivity contribution < 1.29 is 9.63 Å². The summed E-state index contributed by atoms with van der Waals surface area (Å²) in [5, 5.41) is 18.6. The Morgan fingerprint density at radius 1 is 1.31 bits per heavy atom. The fraction of sp³-hybridized carbons (Fsp3) is 0.412. The number of H-pyrrole nitrogens is 1. The van der Waals surface area contributed by atoms with Gasteiger partial charge in [-0.15, -0.1) is 0 Å². The average molecular weight is 422 g/mol. The molecular weight excluding hydrogens is 402 g/mol. The molecule has 3 heterocycles. The first-order chi connectivity index (χ1) is 12.1. The van der Waals surface area contributed by atoms with Gasteiger partial charge < -0.3 is 14.6 Å². The molecule has 8 nitrogen and oxygen atoms in total. The number of pyridine rings is 1. The molecule has 138 valence electrons. The number of hydrogen-bond acceptors (Lipinski definition) is 6. The van der Waals surface area contributed by atoms with Gasteiger partial charge in [0.1, 0.15) is 0 Å². The minimum atomic E-state index is -1.44. The molecule has 0 spiro atoms. The summed E-state index contributed by atoms with van der Waals surface area (Å²) in [5.41, 5.74) is -0.825. The van der Waals surface area contributed by atoms with Crippen LogP contribution in [-0.2, 0) is 17.6 Å². The van der Waals surface area contributed by atoms with E-state index in [4.69, 9.17) is 4.52 Å². The van der Waals surface area contributed by atoms with Gasteiger partial charge >= 0.3 is 0 Å². The molecule has 0 bridgehead atoms. The van der Waals surface area contributed by atoms with E-state index in [2.05, 4.69) is 36.2 Å². The summed E-state index contributed by atoms with van der Waals surface area (Å²) in [5.74, 6) is 0.141. The van der Waals surface area contributed by atoms with E-state index in [0.29, 0.717) is 0 Å². The quantitative estimate of drug-likeness (QED) is 0.669. The third kappa shape index (κ3) is 3.78. The molecule has 0 aliphatic heterocycles. The Bertz CT molecular complexity index is 981. The number of halogens is 1. The SMILES string of the molecule is CC(C)(C)c1ccc(-c2noc(C(C)(O)Cn3cc(Br)cn3)n2)c(=O)[nH]1. The Balaban J connectivity index is 1.89. The van der Waals surface area contributed by atoms with E-state index in [-0.39, 0.29) is 34.8 Å². The molecule has 9 heteroatoms. The maximum atomic E-state index is 12.4. The molecule has 3 aromatic heterocycles. The first-order valence-corrected chi connectivity index (χ1v) is 8.84. The van der Waals surface area contributed by atoms with Crippen molar-refractivity contribution in [2.45, 2.75) is 45.3 Å². The highest BCUT2D eigenvalue weighted by molar-refractivity contribution is 9.10. The lowest BCUT2D eigenvalue weighted by Crippen LogP contribution is -2.28. The number of nitrogens with zero attached hydrogens (tertiary/aromatic N) is 4. The lowest BCUT2D eigenvalue weighted by molar-refractivity contribution is 0.00308. The molecule has 2 N–H and O–H groups in total. The van der Waals surface area contributed by atoms with E-state index in [0.717, 1.165) is 10.2 Å². The molecule has 0 aromatic carbocycles. The van der Waals surface area contributed by atoms with Crippen molar-refractivity contribution in [3.8, 4) is 11.4 Å².